The highest BCUT2D eigenvalue weighted by Crippen LogP contribution is 2.20. The number of carbonyl (C=O) groups excluding carboxylic acids is 1. The molecule has 1 amide bonds. The van der Waals surface area contributed by atoms with Crippen LogP contribution < -0.4 is 5.32 Å². The molecule has 2 N–H and O–H groups in total. The number of carbonyl (C=O) groups is 2. The molecule has 0 saturated carbocycles. The molecule has 108 valence electrons. The van der Waals surface area contributed by atoms with Gasteiger partial charge in [-0.1, -0.05) is 11.6 Å². The Bertz CT molecular complexity index is 734. The number of rotatable bonds is 3. The molecule has 2 rings (SSSR count). The van der Waals surface area contributed by atoms with Gasteiger partial charge in [0.2, 0.25) is 0 Å². The summed E-state index contributed by atoms with van der Waals surface area (Å²) in [5, 5.41) is 11.3. The van der Waals surface area contributed by atoms with Crippen molar-refractivity contribution in [3.63, 3.8) is 0 Å². The number of nitrogens with zero attached hydrogens (tertiary/aromatic N) is 1. The lowest BCUT2D eigenvalue weighted by molar-refractivity contribution is 0.0695. The molecular weight excluding hydrogens is 299 g/mol. The van der Waals surface area contributed by atoms with Crippen molar-refractivity contribution in [1.29, 1.82) is 0 Å². The first-order valence-electron chi connectivity index (χ1n) is 5.86. The molecule has 1 heterocycles. The van der Waals surface area contributed by atoms with Crippen LogP contribution in [0.25, 0.3) is 0 Å². The summed E-state index contributed by atoms with van der Waals surface area (Å²) in [6.07, 6.45) is 0. The van der Waals surface area contributed by atoms with E-state index in [4.69, 9.17) is 16.7 Å². The number of amides is 1. The van der Waals surface area contributed by atoms with Crippen LogP contribution in [0.5, 0.6) is 0 Å². The molecule has 0 fully saturated rings. The summed E-state index contributed by atoms with van der Waals surface area (Å²) in [7, 11) is 0. The van der Waals surface area contributed by atoms with E-state index in [1.807, 2.05) is 0 Å². The zero-order chi connectivity index (χ0) is 15.6. The van der Waals surface area contributed by atoms with E-state index in [0.29, 0.717) is 5.69 Å². The number of pyridine rings is 1. The second-order valence-corrected chi connectivity index (χ2v) is 4.62. The first-order chi connectivity index (χ1) is 9.88. The lowest BCUT2D eigenvalue weighted by Gasteiger charge is -2.07. The summed E-state index contributed by atoms with van der Waals surface area (Å²) in [4.78, 5) is 26.8. The Hall–Kier alpha value is -2.47. The van der Waals surface area contributed by atoms with Gasteiger partial charge in [-0.15, -0.1) is 0 Å². The fraction of sp³-hybridized carbons (Fsp3) is 0.0714. The SMILES string of the molecule is Cc1nc(C(=O)Nc2ccc(F)c(Cl)c2)ccc1C(=O)O. The number of carboxylic acid groups (broad SMARTS) is 1. The van der Waals surface area contributed by atoms with E-state index < -0.39 is 17.7 Å². The van der Waals surface area contributed by atoms with Crippen molar-refractivity contribution >= 4 is 29.2 Å². The summed E-state index contributed by atoms with van der Waals surface area (Å²) in [5.74, 6) is -2.25. The van der Waals surface area contributed by atoms with Crippen molar-refractivity contribution in [3.8, 4) is 0 Å². The molecule has 0 aliphatic rings. The number of aryl methyl sites for hydroxylation is 1. The predicted molar refractivity (Wildman–Crippen MR) is 75.3 cm³/mol. The van der Waals surface area contributed by atoms with Crippen LogP contribution in [0.3, 0.4) is 0 Å². The molecule has 0 aliphatic carbocycles. The van der Waals surface area contributed by atoms with E-state index in [1.54, 1.807) is 0 Å². The summed E-state index contributed by atoms with van der Waals surface area (Å²) in [6.45, 7) is 1.50. The lowest BCUT2D eigenvalue weighted by atomic mass is 10.2. The monoisotopic (exact) mass is 308 g/mol. The highest BCUT2D eigenvalue weighted by molar-refractivity contribution is 6.31. The van der Waals surface area contributed by atoms with Crippen LogP contribution >= 0.6 is 11.6 Å². The minimum atomic E-state index is -1.11. The standard InChI is InChI=1S/C14H10ClFN2O3/c1-7-9(14(20)21)3-5-12(17-7)13(19)18-8-2-4-11(16)10(15)6-8/h2-6H,1H3,(H,18,19)(H,20,21). The number of aromatic nitrogens is 1. The van der Waals surface area contributed by atoms with Crippen molar-refractivity contribution < 1.29 is 19.1 Å². The van der Waals surface area contributed by atoms with Crippen molar-refractivity contribution in [2.45, 2.75) is 6.92 Å². The van der Waals surface area contributed by atoms with Crippen LogP contribution in [0.2, 0.25) is 5.02 Å². The predicted octanol–water partition coefficient (Wildman–Crippen LogP) is 3.13. The molecule has 0 radical (unpaired) electrons. The first-order valence-corrected chi connectivity index (χ1v) is 6.23. The molecule has 0 saturated heterocycles. The Morgan fingerprint density at radius 2 is 2.00 bits per heavy atom. The van der Waals surface area contributed by atoms with Crippen LogP contribution in [-0.4, -0.2) is 22.0 Å². The van der Waals surface area contributed by atoms with Gasteiger partial charge in [-0.25, -0.2) is 14.2 Å². The summed E-state index contributed by atoms with van der Waals surface area (Å²) in [6, 6.07) is 6.36. The first kappa shape index (κ1) is 14.9. The fourth-order valence-corrected chi connectivity index (χ4v) is 1.86. The third kappa shape index (κ3) is 3.35. The number of anilines is 1. The molecule has 2 aromatic rings. The Labute approximate surface area is 124 Å². The summed E-state index contributed by atoms with van der Waals surface area (Å²) in [5.41, 5.74) is 0.620. The summed E-state index contributed by atoms with van der Waals surface area (Å²) < 4.78 is 13.0. The highest BCUT2D eigenvalue weighted by atomic mass is 35.5. The molecule has 0 atom stereocenters. The van der Waals surface area contributed by atoms with Gasteiger partial charge in [0.1, 0.15) is 11.5 Å². The van der Waals surface area contributed by atoms with E-state index in [-0.39, 0.29) is 22.0 Å². The minimum Gasteiger partial charge on any atom is -0.478 e. The van der Waals surface area contributed by atoms with E-state index in [2.05, 4.69) is 10.3 Å². The van der Waals surface area contributed by atoms with Crippen LogP contribution in [-0.2, 0) is 0 Å². The number of hydrogen-bond acceptors (Lipinski definition) is 3. The fourth-order valence-electron chi connectivity index (χ4n) is 1.68. The van der Waals surface area contributed by atoms with Gasteiger partial charge >= 0.3 is 5.97 Å². The third-order valence-corrected chi connectivity index (χ3v) is 3.02. The number of carboxylic acids is 1. The Balaban J connectivity index is 2.22. The molecule has 0 bridgehead atoms. The average molecular weight is 309 g/mol. The molecule has 0 unspecified atom stereocenters. The van der Waals surface area contributed by atoms with Crippen LogP contribution in [0.1, 0.15) is 26.5 Å². The zero-order valence-electron chi connectivity index (χ0n) is 10.9. The lowest BCUT2D eigenvalue weighted by Crippen LogP contribution is -2.15. The van der Waals surface area contributed by atoms with Crippen LogP contribution in [0.4, 0.5) is 10.1 Å². The molecule has 1 aromatic carbocycles. The summed E-state index contributed by atoms with van der Waals surface area (Å²) >= 11 is 5.62. The van der Waals surface area contributed by atoms with E-state index in [1.165, 1.54) is 31.2 Å². The minimum absolute atomic E-state index is 0.0244. The highest BCUT2D eigenvalue weighted by Gasteiger charge is 2.13. The molecule has 1 aromatic heterocycles. The normalized spacial score (nSPS) is 10.2. The van der Waals surface area contributed by atoms with Gasteiger partial charge in [-0.05, 0) is 37.3 Å². The largest absolute Gasteiger partial charge is 0.478 e. The third-order valence-electron chi connectivity index (χ3n) is 2.73. The molecule has 5 nitrogen and oxygen atoms in total. The molecule has 0 spiro atoms. The van der Waals surface area contributed by atoms with Crippen molar-refractivity contribution in [3.05, 3.63) is 58.1 Å². The van der Waals surface area contributed by atoms with E-state index in [9.17, 15) is 14.0 Å². The Morgan fingerprint density at radius 3 is 2.57 bits per heavy atom. The quantitative estimate of drug-likeness (QED) is 0.913. The maximum absolute atomic E-state index is 13.0. The molecule has 7 heteroatoms. The van der Waals surface area contributed by atoms with Gasteiger partial charge < -0.3 is 10.4 Å². The topological polar surface area (TPSA) is 79.3 Å². The second kappa shape index (κ2) is 5.88. The zero-order valence-corrected chi connectivity index (χ0v) is 11.6. The van der Waals surface area contributed by atoms with Gasteiger partial charge in [0.15, 0.2) is 0 Å². The maximum Gasteiger partial charge on any atom is 0.337 e. The Kier molecular flexibility index (Phi) is 4.18. The van der Waals surface area contributed by atoms with Crippen LogP contribution in [0.15, 0.2) is 30.3 Å². The van der Waals surface area contributed by atoms with Gasteiger partial charge in [-0.3, -0.25) is 4.79 Å². The van der Waals surface area contributed by atoms with Crippen molar-refractivity contribution in [2.75, 3.05) is 5.32 Å². The van der Waals surface area contributed by atoms with E-state index >= 15 is 0 Å². The molecule has 0 aliphatic heterocycles. The molecule has 21 heavy (non-hydrogen) atoms. The van der Waals surface area contributed by atoms with Gasteiger partial charge in [0, 0.05) is 5.69 Å². The van der Waals surface area contributed by atoms with Gasteiger partial charge in [0.05, 0.1) is 16.3 Å². The maximum atomic E-state index is 13.0. The number of benzene rings is 1. The van der Waals surface area contributed by atoms with Crippen molar-refractivity contribution in [1.82, 2.24) is 4.98 Å². The number of hydrogen-bond donors (Lipinski definition) is 2. The van der Waals surface area contributed by atoms with Gasteiger partial charge in [-0.2, -0.15) is 0 Å². The second-order valence-electron chi connectivity index (χ2n) is 4.22. The van der Waals surface area contributed by atoms with E-state index in [0.717, 1.165) is 6.07 Å². The Morgan fingerprint density at radius 1 is 1.29 bits per heavy atom. The average Bonchev–Trinajstić information content (AvgIpc) is 2.42. The molecular formula is C14H10ClFN2O3. The number of aromatic carboxylic acids is 1. The number of nitrogens with one attached hydrogen (secondary N) is 1. The van der Waals surface area contributed by atoms with Gasteiger partial charge in [0.25, 0.3) is 5.91 Å². The smallest absolute Gasteiger partial charge is 0.337 e. The number of halogens is 2. The van der Waals surface area contributed by atoms with Crippen molar-refractivity contribution in [2.24, 2.45) is 0 Å². The van der Waals surface area contributed by atoms with Crippen LogP contribution in [0, 0.1) is 12.7 Å².